The standard InChI is InChI=1S/C20H28FN3O3S/c1-2-27-18-7-6-16(21)14-17(18)23-12-10-22(11-13-23)8-4-3-5-9-24-19(25)15-28-20(24)26/h6-7,14H,2-5,8-13,15H2,1H3. The lowest BCUT2D eigenvalue weighted by Crippen LogP contribution is -2.46. The lowest BCUT2D eigenvalue weighted by molar-refractivity contribution is -0.124. The maximum Gasteiger partial charge on any atom is 0.288 e. The molecule has 2 amide bonds. The number of benzene rings is 1. The minimum Gasteiger partial charge on any atom is -0.492 e. The Bertz CT molecular complexity index is 679. The number of nitrogens with zero attached hydrogens (tertiary/aromatic N) is 3. The summed E-state index contributed by atoms with van der Waals surface area (Å²) in [7, 11) is 0. The van der Waals surface area contributed by atoms with Crippen molar-refractivity contribution < 1.29 is 18.7 Å². The van der Waals surface area contributed by atoms with Crippen molar-refractivity contribution in [3.63, 3.8) is 0 Å². The molecule has 2 saturated heterocycles. The summed E-state index contributed by atoms with van der Waals surface area (Å²) in [6.07, 6.45) is 2.91. The van der Waals surface area contributed by atoms with Gasteiger partial charge in [-0.1, -0.05) is 18.2 Å². The highest BCUT2D eigenvalue weighted by Gasteiger charge is 2.29. The molecule has 0 unspecified atom stereocenters. The van der Waals surface area contributed by atoms with E-state index < -0.39 is 0 Å². The van der Waals surface area contributed by atoms with Crippen LogP contribution in [-0.2, 0) is 4.79 Å². The molecule has 0 saturated carbocycles. The van der Waals surface area contributed by atoms with Crippen LogP contribution in [0.15, 0.2) is 18.2 Å². The largest absolute Gasteiger partial charge is 0.492 e. The van der Waals surface area contributed by atoms with Gasteiger partial charge in [0, 0.05) is 38.8 Å². The molecule has 1 aromatic rings. The van der Waals surface area contributed by atoms with Crippen molar-refractivity contribution in [1.29, 1.82) is 0 Å². The van der Waals surface area contributed by atoms with Gasteiger partial charge in [0.05, 0.1) is 18.0 Å². The quantitative estimate of drug-likeness (QED) is 0.584. The molecule has 0 radical (unpaired) electrons. The number of rotatable bonds is 9. The molecule has 0 aliphatic carbocycles. The second-order valence-corrected chi connectivity index (χ2v) is 7.96. The van der Waals surface area contributed by atoms with Crippen LogP contribution in [-0.4, -0.2) is 72.6 Å². The van der Waals surface area contributed by atoms with E-state index >= 15 is 0 Å². The van der Waals surface area contributed by atoms with Crippen molar-refractivity contribution in [2.45, 2.75) is 26.2 Å². The highest BCUT2D eigenvalue weighted by Crippen LogP contribution is 2.30. The topological polar surface area (TPSA) is 53.1 Å². The smallest absolute Gasteiger partial charge is 0.288 e. The molecule has 2 aliphatic heterocycles. The number of hydrogen-bond acceptors (Lipinski definition) is 6. The molecular weight excluding hydrogens is 381 g/mol. The molecule has 6 nitrogen and oxygen atoms in total. The molecule has 1 aromatic carbocycles. The second-order valence-electron chi connectivity index (χ2n) is 7.03. The van der Waals surface area contributed by atoms with Crippen LogP contribution in [0.5, 0.6) is 5.75 Å². The fraction of sp³-hybridized carbons (Fsp3) is 0.600. The Morgan fingerprint density at radius 2 is 1.82 bits per heavy atom. The van der Waals surface area contributed by atoms with Crippen molar-refractivity contribution in [3.05, 3.63) is 24.0 Å². The average molecular weight is 410 g/mol. The van der Waals surface area contributed by atoms with E-state index in [1.54, 1.807) is 12.1 Å². The molecule has 0 atom stereocenters. The number of ether oxygens (including phenoxy) is 1. The van der Waals surface area contributed by atoms with E-state index in [0.29, 0.717) is 18.9 Å². The highest BCUT2D eigenvalue weighted by atomic mass is 32.2. The number of anilines is 1. The van der Waals surface area contributed by atoms with Crippen molar-refractivity contribution in [1.82, 2.24) is 9.80 Å². The summed E-state index contributed by atoms with van der Waals surface area (Å²) >= 11 is 1.10. The van der Waals surface area contributed by atoms with Gasteiger partial charge in [-0.15, -0.1) is 0 Å². The minimum atomic E-state index is -0.241. The molecule has 3 rings (SSSR count). The Morgan fingerprint density at radius 3 is 2.50 bits per heavy atom. The van der Waals surface area contributed by atoms with Crippen molar-refractivity contribution in [2.24, 2.45) is 0 Å². The van der Waals surface area contributed by atoms with E-state index in [9.17, 15) is 14.0 Å². The number of carbonyl (C=O) groups excluding carboxylic acids is 2. The summed E-state index contributed by atoms with van der Waals surface area (Å²) in [5.74, 6) is 0.727. The number of thioether (sulfide) groups is 1. The lowest BCUT2D eigenvalue weighted by Gasteiger charge is -2.36. The minimum absolute atomic E-state index is 0.0603. The molecule has 0 spiro atoms. The zero-order valence-electron chi connectivity index (χ0n) is 16.4. The Hall–Kier alpha value is -1.80. The summed E-state index contributed by atoms with van der Waals surface area (Å²) in [6.45, 7) is 7.59. The van der Waals surface area contributed by atoms with Crippen molar-refractivity contribution >= 4 is 28.6 Å². The Morgan fingerprint density at radius 1 is 1.07 bits per heavy atom. The first kappa shape index (κ1) is 20.9. The van der Waals surface area contributed by atoms with Gasteiger partial charge in [0.1, 0.15) is 11.6 Å². The van der Waals surface area contributed by atoms with Crippen LogP contribution in [0.4, 0.5) is 14.9 Å². The number of amides is 2. The van der Waals surface area contributed by atoms with Crippen LogP contribution in [0.2, 0.25) is 0 Å². The van der Waals surface area contributed by atoms with Crippen LogP contribution >= 0.6 is 11.8 Å². The summed E-state index contributed by atoms with van der Waals surface area (Å²) in [5.41, 5.74) is 0.833. The van der Waals surface area contributed by atoms with Crippen LogP contribution in [0.3, 0.4) is 0 Å². The fourth-order valence-corrected chi connectivity index (χ4v) is 4.36. The third-order valence-corrected chi connectivity index (χ3v) is 5.99. The number of piperazine rings is 1. The molecule has 8 heteroatoms. The van der Waals surface area contributed by atoms with E-state index in [4.69, 9.17) is 4.74 Å². The van der Waals surface area contributed by atoms with Gasteiger partial charge < -0.3 is 9.64 Å². The molecule has 2 heterocycles. The van der Waals surface area contributed by atoms with Crippen molar-refractivity contribution in [3.8, 4) is 5.75 Å². The number of carbonyl (C=O) groups is 2. The van der Waals surface area contributed by atoms with Crippen LogP contribution < -0.4 is 9.64 Å². The van der Waals surface area contributed by atoms with E-state index in [2.05, 4.69) is 9.80 Å². The van der Waals surface area contributed by atoms with E-state index in [-0.39, 0.29) is 17.0 Å². The molecule has 28 heavy (non-hydrogen) atoms. The maximum atomic E-state index is 13.7. The summed E-state index contributed by atoms with van der Waals surface area (Å²) < 4.78 is 19.3. The number of imide groups is 1. The van der Waals surface area contributed by atoms with E-state index in [0.717, 1.165) is 75.2 Å². The normalized spacial score (nSPS) is 18.2. The Kier molecular flexibility index (Phi) is 7.56. The average Bonchev–Trinajstić information content (AvgIpc) is 3.02. The second kappa shape index (κ2) is 10.1. The van der Waals surface area contributed by atoms with Gasteiger partial charge in [0.25, 0.3) is 5.24 Å². The molecule has 154 valence electrons. The van der Waals surface area contributed by atoms with Crippen LogP contribution in [0, 0.1) is 5.82 Å². The first-order valence-electron chi connectivity index (χ1n) is 9.95. The zero-order chi connectivity index (χ0) is 19.9. The first-order valence-corrected chi connectivity index (χ1v) is 10.9. The van der Waals surface area contributed by atoms with Gasteiger partial charge in [0.2, 0.25) is 5.91 Å². The Balaban J connectivity index is 1.37. The number of halogens is 1. The van der Waals surface area contributed by atoms with Gasteiger partial charge in [0.15, 0.2) is 0 Å². The zero-order valence-corrected chi connectivity index (χ0v) is 17.2. The maximum absolute atomic E-state index is 13.7. The summed E-state index contributed by atoms with van der Waals surface area (Å²) in [5, 5.41) is -0.107. The molecule has 2 fully saturated rings. The SMILES string of the molecule is CCOc1ccc(F)cc1N1CCN(CCCCCN2C(=O)CSC2=O)CC1. The van der Waals surface area contributed by atoms with E-state index in [1.165, 1.54) is 11.0 Å². The van der Waals surface area contributed by atoms with Gasteiger partial charge in [-0.25, -0.2) is 4.39 Å². The monoisotopic (exact) mass is 409 g/mol. The predicted molar refractivity (Wildman–Crippen MR) is 110 cm³/mol. The summed E-state index contributed by atoms with van der Waals surface area (Å²) in [4.78, 5) is 29.1. The number of hydrogen-bond donors (Lipinski definition) is 0. The predicted octanol–water partition coefficient (Wildman–Crippen LogP) is 3.21. The summed E-state index contributed by atoms with van der Waals surface area (Å²) in [6, 6.07) is 4.70. The molecule has 2 aliphatic rings. The molecule has 0 N–H and O–H groups in total. The van der Waals surface area contributed by atoms with Crippen LogP contribution in [0.1, 0.15) is 26.2 Å². The molecule has 0 aromatic heterocycles. The third-order valence-electron chi connectivity index (χ3n) is 5.13. The molecule has 0 bridgehead atoms. The fourth-order valence-electron chi connectivity index (χ4n) is 3.61. The third kappa shape index (κ3) is 5.38. The van der Waals surface area contributed by atoms with Crippen molar-refractivity contribution in [2.75, 3.05) is 56.5 Å². The number of unbranched alkanes of at least 4 members (excludes halogenated alkanes) is 2. The van der Waals surface area contributed by atoms with E-state index in [1.807, 2.05) is 6.92 Å². The van der Waals surface area contributed by atoms with Gasteiger partial charge in [-0.05, 0) is 38.4 Å². The van der Waals surface area contributed by atoms with Gasteiger partial charge in [-0.3, -0.25) is 19.4 Å². The van der Waals surface area contributed by atoms with Crippen LogP contribution in [0.25, 0.3) is 0 Å². The van der Waals surface area contributed by atoms with Gasteiger partial charge >= 0.3 is 0 Å². The highest BCUT2D eigenvalue weighted by molar-refractivity contribution is 8.14. The molecular formula is C20H28FN3O3S. The van der Waals surface area contributed by atoms with Gasteiger partial charge in [-0.2, -0.15) is 0 Å². The lowest BCUT2D eigenvalue weighted by atomic mass is 10.2. The first-order chi connectivity index (χ1) is 13.6. The Labute approximate surface area is 170 Å².